The Morgan fingerprint density at radius 3 is 2.23 bits per heavy atom. The quantitative estimate of drug-likeness (QED) is 0.806. The number of benzene rings is 1. The first-order valence-electron chi connectivity index (χ1n) is 3.45. The van der Waals surface area contributed by atoms with Crippen LogP contribution in [0.25, 0.3) is 0 Å². The number of nitrogens with two attached hydrogens (primary N) is 2. The molecular formula is C8H13Cl2FN2. The van der Waals surface area contributed by atoms with E-state index in [1.165, 1.54) is 6.07 Å². The number of rotatable bonds is 2. The summed E-state index contributed by atoms with van der Waals surface area (Å²) in [4.78, 5) is 0. The average Bonchev–Trinajstić information content (AvgIpc) is 2.04. The zero-order valence-electron chi connectivity index (χ0n) is 6.94. The van der Waals surface area contributed by atoms with Crippen molar-refractivity contribution in [1.29, 1.82) is 0 Å². The first-order chi connectivity index (χ1) is 5.25. The van der Waals surface area contributed by atoms with Crippen molar-refractivity contribution in [3.63, 3.8) is 0 Å². The monoisotopic (exact) mass is 226 g/mol. The van der Waals surface area contributed by atoms with E-state index in [-0.39, 0.29) is 37.2 Å². The van der Waals surface area contributed by atoms with E-state index in [4.69, 9.17) is 11.5 Å². The van der Waals surface area contributed by atoms with Crippen LogP contribution in [0.4, 0.5) is 4.39 Å². The SMILES string of the molecule is Cl.Cl.NCC(N)c1ccccc1F. The summed E-state index contributed by atoms with van der Waals surface area (Å²) in [7, 11) is 0. The minimum Gasteiger partial charge on any atom is -0.329 e. The standard InChI is InChI=1S/C8H11FN2.2ClH/c9-7-4-2-1-3-6(7)8(11)5-10;;/h1-4,8H,5,10-11H2;2*1H. The fourth-order valence-corrected chi connectivity index (χ4v) is 0.903. The largest absolute Gasteiger partial charge is 0.329 e. The fraction of sp³-hybridized carbons (Fsp3) is 0.250. The normalized spacial score (nSPS) is 11.0. The number of hydrogen-bond donors (Lipinski definition) is 2. The van der Waals surface area contributed by atoms with E-state index in [0.29, 0.717) is 5.56 Å². The first-order valence-corrected chi connectivity index (χ1v) is 3.45. The lowest BCUT2D eigenvalue weighted by Gasteiger charge is -2.08. The molecule has 0 aliphatic heterocycles. The van der Waals surface area contributed by atoms with Gasteiger partial charge in [-0.3, -0.25) is 0 Å². The van der Waals surface area contributed by atoms with E-state index < -0.39 is 6.04 Å². The highest BCUT2D eigenvalue weighted by Gasteiger charge is 2.07. The van der Waals surface area contributed by atoms with Gasteiger partial charge in [-0.25, -0.2) is 4.39 Å². The molecule has 0 amide bonds. The molecule has 0 aliphatic rings. The van der Waals surface area contributed by atoms with E-state index in [1.54, 1.807) is 18.2 Å². The summed E-state index contributed by atoms with van der Waals surface area (Å²) < 4.78 is 12.9. The zero-order chi connectivity index (χ0) is 8.27. The maximum absolute atomic E-state index is 12.9. The topological polar surface area (TPSA) is 52.0 Å². The van der Waals surface area contributed by atoms with Crippen LogP contribution < -0.4 is 11.5 Å². The molecule has 1 rings (SSSR count). The molecule has 13 heavy (non-hydrogen) atoms. The molecule has 5 heteroatoms. The summed E-state index contributed by atoms with van der Waals surface area (Å²) in [6.45, 7) is 0.265. The molecule has 0 saturated carbocycles. The van der Waals surface area contributed by atoms with Crippen molar-refractivity contribution in [2.24, 2.45) is 11.5 Å². The fourth-order valence-electron chi connectivity index (χ4n) is 0.903. The summed E-state index contributed by atoms with van der Waals surface area (Å²) in [5.74, 6) is -0.287. The van der Waals surface area contributed by atoms with Crippen LogP contribution in [-0.4, -0.2) is 6.54 Å². The van der Waals surface area contributed by atoms with Crippen LogP contribution in [0.2, 0.25) is 0 Å². The van der Waals surface area contributed by atoms with Crippen molar-refractivity contribution in [1.82, 2.24) is 0 Å². The Morgan fingerprint density at radius 1 is 1.23 bits per heavy atom. The van der Waals surface area contributed by atoms with Gasteiger partial charge in [-0.05, 0) is 6.07 Å². The lowest BCUT2D eigenvalue weighted by atomic mass is 10.1. The van der Waals surface area contributed by atoms with Gasteiger partial charge in [-0.1, -0.05) is 18.2 Å². The molecule has 1 atom stereocenters. The third kappa shape index (κ3) is 3.91. The molecule has 1 unspecified atom stereocenters. The van der Waals surface area contributed by atoms with E-state index in [1.807, 2.05) is 0 Å². The smallest absolute Gasteiger partial charge is 0.128 e. The van der Waals surface area contributed by atoms with Gasteiger partial charge in [0.25, 0.3) is 0 Å². The Labute approximate surface area is 89.3 Å². The van der Waals surface area contributed by atoms with Crippen LogP contribution in [0, 0.1) is 5.82 Å². The Kier molecular flexibility index (Phi) is 8.26. The van der Waals surface area contributed by atoms with Crippen molar-refractivity contribution in [3.05, 3.63) is 35.6 Å². The van der Waals surface area contributed by atoms with Crippen LogP contribution >= 0.6 is 24.8 Å². The molecule has 4 N–H and O–H groups in total. The maximum Gasteiger partial charge on any atom is 0.128 e. The number of halogens is 3. The predicted molar refractivity (Wildman–Crippen MR) is 56.9 cm³/mol. The predicted octanol–water partition coefficient (Wildman–Crippen LogP) is 1.63. The van der Waals surface area contributed by atoms with Gasteiger partial charge in [0, 0.05) is 18.2 Å². The third-order valence-electron chi connectivity index (χ3n) is 1.56. The summed E-state index contributed by atoms with van der Waals surface area (Å²) >= 11 is 0. The van der Waals surface area contributed by atoms with Gasteiger partial charge in [0.15, 0.2) is 0 Å². The van der Waals surface area contributed by atoms with Gasteiger partial charge in [0.05, 0.1) is 0 Å². The molecule has 0 bridgehead atoms. The third-order valence-corrected chi connectivity index (χ3v) is 1.56. The van der Waals surface area contributed by atoms with Crippen molar-refractivity contribution in [2.75, 3.05) is 6.54 Å². The van der Waals surface area contributed by atoms with Crippen LogP contribution in [-0.2, 0) is 0 Å². The second-order valence-electron chi connectivity index (χ2n) is 2.36. The van der Waals surface area contributed by atoms with Crippen LogP contribution in [0.3, 0.4) is 0 Å². The minimum atomic E-state index is -0.392. The van der Waals surface area contributed by atoms with Crippen molar-refractivity contribution in [3.8, 4) is 0 Å². The molecule has 0 radical (unpaired) electrons. The zero-order valence-corrected chi connectivity index (χ0v) is 8.58. The molecule has 1 aromatic rings. The highest BCUT2D eigenvalue weighted by molar-refractivity contribution is 5.85. The van der Waals surface area contributed by atoms with Gasteiger partial charge in [0.1, 0.15) is 5.82 Å². The van der Waals surface area contributed by atoms with Crippen molar-refractivity contribution >= 4 is 24.8 Å². The highest BCUT2D eigenvalue weighted by atomic mass is 35.5. The maximum atomic E-state index is 12.9. The van der Waals surface area contributed by atoms with Crippen LogP contribution in [0.1, 0.15) is 11.6 Å². The lowest BCUT2D eigenvalue weighted by Crippen LogP contribution is -2.21. The molecule has 0 saturated heterocycles. The molecule has 0 spiro atoms. The van der Waals surface area contributed by atoms with Crippen LogP contribution in [0.15, 0.2) is 24.3 Å². The van der Waals surface area contributed by atoms with Gasteiger partial charge in [0.2, 0.25) is 0 Å². The van der Waals surface area contributed by atoms with E-state index in [2.05, 4.69) is 0 Å². The van der Waals surface area contributed by atoms with Crippen molar-refractivity contribution < 1.29 is 4.39 Å². The Bertz CT molecular complexity index is 245. The van der Waals surface area contributed by atoms with Gasteiger partial charge >= 0.3 is 0 Å². The summed E-state index contributed by atoms with van der Waals surface area (Å²) in [6.07, 6.45) is 0. The summed E-state index contributed by atoms with van der Waals surface area (Å²) in [5.41, 5.74) is 11.3. The van der Waals surface area contributed by atoms with E-state index in [0.717, 1.165) is 0 Å². The molecular weight excluding hydrogens is 214 g/mol. The molecule has 76 valence electrons. The number of hydrogen-bond acceptors (Lipinski definition) is 2. The van der Waals surface area contributed by atoms with Crippen molar-refractivity contribution in [2.45, 2.75) is 6.04 Å². The van der Waals surface area contributed by atoms with Gasteiger partial charge < -0.3 is 11.5 Å². The molecule has 0 aromatic heterocycles. The second-order valence-corrected chi connectivity index (χ2v) is 2.36. The Hall–Kier alpha value is -0.350. The Balaban J connectivity index is 0. The molecule has 0 fully saturated rings. The van der Waals surface area contributed by atoms with E-state index in [9.17, 15) is 4.39 Å². The van der Waals surface area contributed by atoms with Gasteiger partial charge in [-0.15, -0.1) is 24.8 Å². The molecule has 2 nitrogen and oxygen atoms in total. The average molecular weight is 227 g/mol. The second kappa shape index (κ2) is 7.09. The molecule has 0 heterocycles. The van der Waals surface area contributed by atoms with Gasteiger partial charge in [-0.2, -0.15) is 0 Å². The molecule has 1 aromatic carbocycles. The van der Waals surface area contributed by atoms with Crippen LogP contribution in [0.5, 0.6) is 0 Å². The minimum absolute atomic E-state index is 0. The summed E-state index contributed by atoms with van der Waals surface area (Å²) in [5, 5.41) is 0. The lowest BCUT2D eigenvalue weighted by molar-refractivity contribution is 0.584. The summed E-state index contributed by atoms with van der Waals surface area (Å²) in [6, 6.07) is 6.00. The highest BCUT2D eigenvalue weighted by Crippen LogP contribution is 2.12. The Morgan fingerprint density at radius 2 is 1.77 bits per heavy atom. The molecule has 0 aliphatic carbocycles. The first kappa shape index (κ1) is 15.1. The van der Waals surface area contributed by atoms with E-state index >= 15 is 0 Å².